The highest BCUT2D eigenvalue weighted by atomic mass is 32.1. The molecule has 3 rings (SSSR count). The van der Waals surface area contributed by atoms with Crippen LogP contribution >= 0.6 is 11.3 Å². The fourth-order valence-electron chi connectivity index (χ4n) is 3.03. The molecular formula is C19H22N4O3S. The number of aromatic nitrogens is 2. The molecule has 0 fully saturated rings. The monoisotopic (exact) mass is 386 g/mol. The standard InChI is InChI=1S/C19H22N4O3S/c1-8-6-7-10(24)9(2)13(8)23-15(20)11(16(21)25)12-14(17(23)26)27-18(22-12)19(3,4)5/h6-7,24H,20H2,1-5H3,(H2,21,25). The maximum Gasteiger partial charge on any atom is 0.276 e. The number of amides is 1. The number of pyridine rings is 1. The van der Waals surface area contributed by atoms with Crippen LogP contribution in [0.5, 0.6) is 5.75 Å². The van der Waals surface area contributed by atoms with Gasteiger partial charge in [0.1, 0.15) is 27.3 Å². The molecule has 0 aliphatic carbocycles. The number of nitrogens with two attached hydrogens (primary N) is 2. The van der Waals surface area contributed by atoms with E-state index >= 15 is 0 Å². The zero-order chi connectivity index (χ0) is 20.3. The van der Waals surface area contributed by atoms with Gasteiger partial charge >= 0.3 is 0 Å². The van der Waals surface area contributed by atoms with Crippen molar-refractivity contribution in [2.24, 2.45) is 5.73 Å². The van der Waals surface area contributed by atoms with E-state index in [1.54, 1.807) is 26.0 Å². The number of phenolic OH excluding ortho intramolecular Hbond substituents is 1. The SMILES string of the molecule is Cc1ccc(O)c(C)c1-n1c(N)c(C(N)=O)c2nc(C(C)(C)C)sc2c1=O. The van der Waals surface area contributed by atoms with Crippen molar-refractivity contribution in [1.29, 1.82) is 0 Å². The zero-order valence-corrected chi connectivity index (χ0v) is 16.7. The highest BCUT2D eigenvalue weighted by Gasteiger charge is 2.27. The molecule has 0 saturated heterocycles. The van der Waals surface area contributed by atoms with Gasteiger partial charge in [-0.2, -0.15) is 0 Å². The number of carbonyl (C=O) groups is 1. The normalized spacial score (nSPS) is 11.9. The lowest BCUT2D eigenvalue weighted by atomic mass is 9.98. The minimum absolute atomic E-state index is 0.0125. The lowest BCUT2D eigenvalue weighted by molar-refractivity contribution is 0.100. The maximum atomic E-state index is 13.3. The average molecular weight is 386 g/mol. The Hall–Kier alpha value is -2.87. The molecule has 0 bridgehead atoms. The summed E-state index contributed by atoms with van der Waals surface area (Å²) in [7, 11) is 0. The van der Waals surface area contributed by atoms with Crippen molar-refractivity contribution in [3.05, 3.63) is 44.2 Å². The van der Waals surface area contributed by atoms with Gasteiger partial charge in [-0.25, -0.2) is 4.98 Å². The molecule has 3 aromatic rings. The predicted octanol–water partition coefficient (Wildman–Crippen LogP) is 2.75. The van der Waals surface area contributed by atoms with Crippen LogP contribution in [0.1, 0.15) is 47.3 Å². The van der Waals surface area contributed by atoms with Gasteiger partial charge in [-0.1, -0.05) is 26.8 Å². The predicted molar refractivity (Wildman–Crippen MR) is 108 cm³/mol. The van der Waals surface area contributed by atoms with Crippen molar-refractivity contribution in [3.63, 3.8) is 0 Å². The molecule has 1 aromatic carbocycles. The largest absolute Gasteiger partial charge is 0.508 e. The Bertz CT molecular complexity index is 1150. The van der Waals surface area contributed by atoms with Crippen molar-refractivity contribution < 1.29 is 9.90 Å². The maximum absolute atomic E-state index is 13.3. The number of thiazole rings is 1. The number of primary amides is 1. The number of benzene rings is 1. The molecule has 7 nitrogen and oxygen atoms in total. The van der Waals surface area contributed by atoms with Gasteiger partial charge in [0, 0.05) is 11.0 Å². The van der Waals surface area contributed by atoms with E-state index in [4.69, 9.17) is 11.5 Å². The highest BCUT2D eigenvalue weighted by Crippen LogP contribution is 2.35. The van der Waals surface area contributed by atoms with E-state index in [1.807, 2.05) is 20.8 Å². The molecule has 0 unspecified atom stereocenters. The summed E-state index contributed by atoms with van der Waals surface area (Å²) < 4.78 is 1.56. The van der Waals surface area contributed by atoms with Crippen LogP contribution in [0, 0.1) is 13.8 Å². The summed E-state index contributed by atoms with van der Waals surface area (Å²) in [6.07, 6.45) is 0. The van der Waals surface area contributed by atoms with Crippen LogP contribution in [0.2, 0.25) is 0 Å². The van der Waals surface area contributed by atoms with E-state index in [2.05, 4.69) is 4.98 Å². The number of fused-ring (bicyclic) bond motifs is 1. The third kappa shape index (κ3) is 2.86. The second-order valence-corrected chi connectivity index (χ2v) is 8.59. The summed E-state index contributed by atoms with van der Waals surface area (Å²) in [6, 6.07) is 3.23. The molecule has 2 heterocycles. The van der Waals surface area contributed by atoms with Gasteiger partial charge in [0.05, 0.1) is 10.7 Å². The van der Waals surface area contributed by atoms with Crippen molar-refractivity contribution in [3.8, 4) is 11.4 Å². The number of hydrogen-bond donors (Lipinski definition) is 3. The van der Waals surface area contributed by atoms with Crippen molar-refractivity contribution in [2.45, 2.75) is 40.0 Å². The van der Waals surface area contributed by atoms with Crippen LogP contribution in [0.3, 0.4) is 0 Å². The van der Waals surface area contributed by atoms with Gasteiger partial charge in [0.15, 0.2) is 0 Å². The minimum atomic E-state index is -0.757. The Kier molecular flexibility index (Phi) is 4.26. The molecule has 0 atom stereocenters. The zero-order valence-electron chi connectivity index (χ0n) is 15.9. The highest BCUT2D eigenvalue weighted by molar-refractivity contribution is 7.18. The third-order valence-corrected chi connectivity index (χ3v) is 5.94. The van der Waals surface area contributed by atoms with E-state index in [9.17, 15) is 14.7 Å². The number of carbonyl (C=O) groups excluding carboxylic acids is 1. The van der Waals surface area contributed by atoms with Crippen molar-refractivity contribution in [2.75, 3.05) is 5.73 Å². The van der Waals surface area contributed by atoms with Crippen molar-refractivity contribution >= 4 is 33.3 Å². The van der Waals surface area contributed by atoms with Gasteiger partial charge in [0.25, 0.3) is 11.5 Å². The summed E-state index contributed by atoms with van der Waals surface area (Å²) in [4.78, 5) is 30.0. The van der Waals surface area contributed by atoms with Gasteiger partial charge in [-0.15, -0.1) is 11.3 Å². The first kappa shape index (κ1) is 18.9. The molecule has 2 aromatic heterocycles. The topological polar surface area (TPSA) is 124 Å². The number of nitrogens with zero attached hydrogens (tertiary/aromatic N) is 2. The third-order valence-electron chi connectivity index (χ3n) is 4.47. The fourth-order valence-corrected chi connectivity index (χ4v) is 4.09. The number of hydrogen-bond acceptors (Lipinski definition) is 6. The smallest absolute Gasteiger partial charge is 0.276 e. The van der Waals surface area contributed by atoms with Crippen LogP contribution in [0.15, 0.2) is 16.9 Å². The van der Waals surface area contributed by atoms with E-state index in [1.165, 1.54) is 15.9 Å². The van der Waals surface area contributed by atoms with Crippen LogP contribution in [-0.2, 0) is 5.41 Å². The quantitative estimate of drug-likeness (QED) is 0.625. The second kappa shape index (κ2) is 6.09. The molecule has 0 aliphatic rings. The summed E-state index contributed by atoms with van der Waals surface area (Å²) in [5, 5.41) is 10.8. The molecule has 0 aliphatic heterocycles. The summed E-state index contributed by atoms with van der Waals surface area (Å²) >= 11 is 1.23. The molecule has 0 saturated carbocycles. The lowest BCUT2D eigenvalue weighted by Gasteiger charge is -2.17. The van der Waals surface area contributed by atoms with Crippen LogP contribution < -0.4 is 17.0 Å². The minimum Gasteiger partial charge on any atom is -0.508 e. The number of aromatic hydroxyl groups is 1. The van der Waals surface area contributed by atoms with Crippen molar-refractivity contribution in [1.82, 2.24) is 9.55 Å². The Labute approximate surface area is 160 Å². The number of nitrogen functional groups attached to an aromatic ring is 1. The van der Waals surface area contributed by atoms with E-state index < -0.39 is 11.5 Å². The summed E-state index contributed by atoms with van der Waals surface area (Å²) in [6.45, 7) is 9.40. The Morgan fingerprint density at radius 2 is 1.89 bits per heavy atom. The first-order chi connectivity index (χ1) is 12.4. The Morgan fingerprint density at radius 1 is 1.26 bits per heavy atom. The molecular weight excluding hydrogens is 364 g/mol. The van der Waals surface area contributed by atoms with E-state index in [0.717, 1.165) is 5.56 Å². The second-order valence-electron chi connectivity index (χ2n) is 7.59. The number of rotatable bonds is 2. The Balaban J connectivity index is 2.55. The van der Waals surface area contributed by atoms with Crippen LogP contribution in [-0.4, -0.2) is 20.6 Å². The van der Waals surface area contributed by atoms with E-state index in [-0.39, 0.29) is 28.1 Å². The summed E-state index contributed by atoms with van der Waals surface area (Å²) in [5.41, 5.74) is 13.0. The molecule has 8 heteroatoms. The number of anilines is 1. The van der Waals surface area contributed by atoms with Crippen LogP contribution in [0.4, 0.5) is 5.82 Å². The first-order valence-corrected chi connectivity index (χ1v) is 9.21. The number of phenols is 1. The first-order valence-electron chi connectivity index (χ1n) is 8.40. The lowest BCUT2D eigenvalue weighted by Crippen LogP contribution is -2.27. The van der Waals surface area contributed by atoms with Gasteiger partial charge in [-0.3, -0.25) is 14.2 Å². The van der Waals surface area contributed by atoms with Gasteiger partial charge in [-0.05, 0) is 25.5 Å². The average Bonchev–Trinajstić information content (AvgIpc) is 2.99. The van der Waals surface area contributed by atoms with Gasteiger partial charge < -0.3 is 16.6 Å². The van der Waals surface area contributed by atoms with E-state index in [0.29, 0.717) is 21.0 Å². The molecule has 0 spiro atoms. The molecule has 27 heavy (non-hydrogen) atoms. The molecule has 5 N–H and O–H groups in total. The molecule has 1 amide bonds. The van der Waals surface area contributed by atoms with Gasteiger partial charge in [0.2, 0.25) is 0 Å². The number of aryl methyl sites for hydroxylation is 1. The summed E-state index contributed by atoms with van der Waals surface area (Å²) in [5.74, 6) is -0.808. The molecule has 142 valence electrons. The fraction of sp³-hybridized carbons (Fsp3) is 0.316. The Morgan fingerprint density at radius 3 is 2.44 bits per heavy atom. The van der Waals surface area contributed by atoms with Crippen LogP contribution in [0.25, 0.3) is 15.9 Å². The molecule has 0 radical (unpaired) electrons.